The second-order valence-corrected chi connectivity index (χ2v) is 4.73. The third kappa shape index (κ3) is 3.29. The van der Waals surface area contributed by atoms with E-state index < -0.39 is 5.97 Å². The molecule has 16 heavy (non-hydrogen) atoms. The van der Waals surface area contributed by atoms with Gasteiger partial charge in [-0.05, 0) is 18.1 Å². The van der Waals surface area contributed by atoms with E-state index in [-0.39, 0.29) is 5.56 Å². The summed E-state index contributed by atoms with van der Waals surface area (Å²) < 4.78 is 0. The monoisotopic (exact) mass is 261 g/mol. The van der Waals surface area contributed by atoms with Crippen molar-refractivity contribution in [2.24, 2.45) is 5.92 Å². The molecule has 0 amide bonds. The Kier molecular flexibility index (Phi) is 4.44. The zero-order valence-corrected chi connectivity index (χ0v) is 10.6. The molecular formula is C11H13Cl2NO2. The van der Waals surface area contributed by atoms with Crippen LogP contribution in [-0.4, -0.2) is 17.6 Å². The lowest BCUT2D eigenvalue weighted by molar-refractivity contribution is 0.0698. The predicted molar refractivity (Wildman–Crippen MR) is 66.7 cm³/mol. The van der Waals surface area contributed by atoms with Gasteiger partial charge in [-0.1, -0.05) is 37.0 Å². The SMILES string of the molecule is CC(C)CNc1c(Cl)cc(Cl)cc1C(=O)O. The summed E-state index contributed by atoms with van der Waals surface area (Å²) in [6.07, 6.45) is 0. The molecule has 5 heteroatoms. The highest BCUT2D eigenvalue weighted by Gasteiger charge is 2.14. The van der Waals surface area contributed by atoms with E-state index in [1.165, 1.54) is 12.1 Å². The molecule has 0 heterocycles. The van der Waals surface area contributed by atoms with E-state index in [2.05, 4.69) is 5.32 Å². The van der Waals surface area contributed by atoms with Crippen LogP contribution in [0.15, 0.2) is 12.1 Å². The number of rotatable bonds is 4. The molecule has 0 aliphatic heterocycles. The van der Waals surface area contributed by atoms with Crippen molar-refractivity contribution in [3.8, 4) is 0 Å². The molecule has 0 radical (unpaired) electrons. The number of hydrogen-bond acceptors (Lipinski definition) is 2. The maximum absolute atomic E-state index is 11.0. The molecule has 1 aromatic carbocycles. The molecule has 0 fully saturated rings. The Morgan fingerprint density at radius 1 is 1.44 bits per heavy atom. The van der Waals surface area contributed by atoms with Crippen LogP contribution in [0.1, 0.15) is 24.2 Å². The quantitative estimate of drug-likeness (QED) is 0.868. The average molecular weight is 262 g/mol. The summed E-state index contributed by atoms with van der Waals surface area (Å²) in [5.41, 5.74) is 0.519. The number of halogens is 2. The molecule has 0 spiro atoms. The van der Waals surface area contributed by atoms with Gasteiger partial charge in [0.2, 0.25) is 0 Å². The number of carboxylic acids is 1. The Balaban J connectivity index is 3.09. The molecular weight excluding hydrogens is 249 g/mol. The van der Waals surface area contributed by atoms with Gasteiger partial charge in [0.15, 0.2) is 0 Å². The second kappa shape index (κ2) is 5.41. The number of benzene rings is 1. The van der Waals surface area contributed by atoms with E-state index in [1.54, 1.807) is 0 Å². The molecule has 0 bridgehead atoms. The van der Waals surface area contributed by atoms with Gasteiger partial charge in [-0.25, -0.2) is 4.79 Å². The van der Waals surface area contributed by atoms with E-state index >= 15 is 0 Å². The van der Waals surface area contributed by atoms with Crippen LogP contribution in [0, 0.1) is 5.92 Å². The van der Waals surface area contributed by atoms with Crippen LogP contribution in [0.2, 0.25) is 10.0 Å². The number of hydrogen-bond donors (Lipinski definition) is 2. The van der Waals surface area contributed by atoms with Crippen LogP contribution in [0.5, 0.6) is 0 Å². The third-order valence-corrected chi connectivity index (χ3v) is 2.49. The molecule has 0 atom stereocenters. The summed E-state index contributed by atoms with van der Waals surface area (Å²) >= 11 is 11.7. The Labute approximate surface area is 104 Å². The lowest BCUT2D eigenvalue weighted by Crippen LogP contribution is -2.12. The highest BCUT2D eigenvalue weighted by atomic mass is 35.5. The van der Waals surface area contributed by atoms with E-state index in [0.717, 1.165) is 0 Å². The minimum absolute atomic E-state index is 0.0955. The molecule has 1 aromatic rings. The molecule has 0 aromatic heterocycles. The van der Waals surface area contributed by atoms with E-state index in [4.69, 9.17) is 28.3 Å². The number of anilines is 1. The zero-order valence-electron chi connectivity index (χ0n) is 9.05. The Morgan fingerprint density at radius 2 is 2.06 bits per heavy atom. The molecule has 0 aliphatic rings. The summed E-state index contributed by atoms with van der Waals surface area (Å²) in [5, 5.41) is 12.7. The summed E-state index contributed by atoms with van der Waals surface area (Å²) in [5.74, 6) is -0.649. The average Bonchev–Trinajstić information content (AvgIpc) is 2.14. The van der Waals surface area contributed by atoms with Gasteiger partial charge >= 0.3 is 5.97 Å². The van der Waals surface area contributed by atoms with Crippen molar-refractivity contribution in [2.45, 2.75) is 13.8 Å². The van der Waals surface area contributed by atoms with Gasteiger partial charge in [0.25, 0.3) is 0 Å². The first-order valence-corrected chi connectivity index (χ1v) is 5.63. The summed E-state index contributed by atoms with van der Waals surface area (Å²) in [6.45, 7) is 4.70. The third-order valence-electron chi connectivity index (χ3n) is 1.97. The van der Waals surface area contributed by atoms with Gasteiger partial charge in [0, 0.05) is 11.6 Å². The molecule has 1 rings (SSSR count). The van der Waals surface area contributed by atoms with Crippen LogP contribution < -0.4 is 5.32 Å². The van der Waals surface area contributed by atoms with Gasteiger partial charge in [-0.2, -0.15) is 0 Å². The van der Waals surface area contributed by atoms with Gasteiger partial charge in [0.1, 0.15) is 0 Å². The number of nitrogens with one attached hydrogen (secondary N) is 1. The van der Waals surface area contributed by atoms with Crippen molar-refractivity contribution >= 4 is 34.9 Å². The summed E-state index contributed by atoms with van der Waals surface area (Å²) in [4.78, 5) is 11.0. The van der Waals surface area contributed by atoms with Gasteiger partial charge < -0.3 is 10.4 Å². The Bertz CT molecular complexity index is 405. The predicted octanol–water partition coefficient (Wildman–Crippen LogP) is 3.76. The highest BCUT2D eigenvalue weighted by molar-refractivity contribution is 6.37. The Hall–Kier alpha value is -0.930. The second-order valence-electron chi connectivity index (χ2n) is 3.89. The molecule has 0 aliphatic carbocycles. The lowest BCUT2D eigenvalue weighted by atomic mass is 10.1. The first-order valence-electron chi connectivity index (χ1n) is 4.88. The first-order chi connectivity index (χ1) is 7.41. The maximum atomic E-state index is 11.0. The van der Waals surface area contributed by atoms with Crippen LogP contribution in [0.4, 0.5) is 5.69 Å². The molecule has 0 saturated carbocycles. The van der Waals surface area contributed by atoms with Crippen molar-refractivity contribution in [3.05, 3.63) is 27.7 Å². The molecule has 0 unspecified atom stereocenters. The largest absolute Gasteiger partial charge is 0.478 e. The van der Waals surface area contributed by atoms with Crippen molar-refractivity contribution in [1.29, 1.82) is 0 Å². The Morgan fingerprint density at radius 3 is 2.56 bits per heavy atom. The maximum Gasteiger partial charge on any atom is 0.337 e. The van der Waals surface area contributed by atoms with Crippen molar-refractivity contribution in [1.82, 2.24) is 0 Å². The van der Waals surface area contributed by atoms with Gasteiger partial charge in [-0.15, -0.1) is 0 Å². The minimum Gasteiger partial charge on any atom is -0.478 e. The van der Waals surface area contributed by atoms with Crippen LogP contribution in [-0.2, 0) is 0 Å². The van der Waals surface area contributed by atoms with E-state index in [9.17, 15) is 4.79 Å². The van der Waals surface area contributed by atoms with E-state index in [1.807, 2.05) is 13.8 Å². The minimum atomic E-state index is -1.05. The standard InChI is InChI=1S/C11H13Cl2NO2/c1-6(2)5-14-10-8(11(15)16)3-7(12)4-9(10)13/h3-4,6,14H,5H2,1-2H3,(H,15,16). The topological polar surface area (TPSA) is 49.3 Å². The van der Waals surface area contributed by atoms with Crippen LogP contribution in [0.3, 0.4) is 0 Å². The fraction of sp³-hybridized carbons (Fsp3) is 0.364. The smallest absolute Gasteiger partial charge is 0.337 e. The fourth-order valence-corrected chi connectivity index (χ4v) is 1.79. The number of carbonyl (C=O) groups is 1. The lowest BCUT2D eigenvalue weighted by Gasteiger charge is -2.13. The van der Waals surface area contributed by atoms with Gasteiger partial charge in [0.05, 0.1) is 16.3 Å². The molecule has 0 saturated heterocycles. The van der Waals surface area contributed by atoms with Crippen molar-refractivity contribution in [2.75, 3.05) is 11.9 Å². The first kappa shape index (κ1) is 13.1. The van der Waals surface area contributed by atoms with Crippen molar-refractivity contribution in [3.63, 3.8) is 0 Å². The summed E-state index contributed by atoms with van der Waals surface area (Å²) in [6, 6.07) is 2.91. The zero-order chi connectivity index (χ0) is 12.3. The van der Waals surface area contributed by atoms with E-state index in [0.29, 0.717) is 28.2 Å². The fourth-order valence-electron chi connectivity index (χ4n) is 1.23. The molecule has 88 valence electrons. The van der Waals surface area contributed by atoms with Gasteiger partial charge in [-0.3, -0.25) is 0 Å². The highest BCUT2D eigenvalue weighted by Crippen LogP contribution is 2.30. The van der Waals surface area contributed by atoms with Crippen LogP contribution >= 0.6 is 23.2 Å². The number of carboxylic acid groups (broad SMARTS) is 1. The molecule has 3 nitrogen and oxygen atoms in total. The van der Waals surface area contributed by atoms with Crippen molar-refractivity contribution < 1.29 is 9.90 Å². The normalized spacial score (nSPS) is 10.6. The summed E-state index contributed by atoms with van der Waals surface area (Å²) in [7, 11) is 0. The number of aromatic carboxylic acids is 1. The van der Waals surface area contributed by atoms with Crippen LogP contribution in [0.25, 0.3) is 0 Å². The molecule has 2 N–H and O–H groups in total.